The molecule has 96 valence electrons. The third kappa shape index (κ3) is 2.88. The Hall–Kier alpha value is -2.01. The first-order chi connectivity index (χ1) is 9.31. The predicted molar refractivity (Wildman–Crippen MR) is 78.6 cm³/mol. The first-order valence-electron chi connectivity index (χ1n) is 6.18. The van der Waals surface area contributed by atoms with E-state index in [1.54, 1.807) is 11.3 Å². The average molecular weight is 270 g/mol. The van der Waals surface area contributed by atoms with Gasteiger partial charge in [0.1, 0.15) is 0 Å². The molecule has 1 aromatic carbocycles. The standard InChI is InChI=1S/C14H14N4S/c1-10-9-19-13(17-10)6-7-15-14-16-8-11-4-2-3-5-12(11)18-14/h2-5,8-9H,6-7H2,1H3,(H,15,16,18). The molecular weight excluding hydrogens is 256 g/mol. The highest BCUT2D eigenvalue weighted by Crippen LogP contribution is 2.12. The molecule has 2 heterocycles. The van der Waals surface area contributed by atoms with E-state index < -0.39 is 0 Å². The van der Waals surface area contributed by atoms with Crippen LogP contribution in [0.25, 0.3) is 10.9 Å². The smallest absolute Gasteiger partial charge is 0.223 e. The molecule has 5 heteroatoms. The zero-order valence-corrected chi connectivity index (χ0v) is 11.4. The summed E-state index contributed by atoms with van der Waals surface area (Å²) in [5.74, 6) is 0.673. The molecule has 0 atom stereocenters. The Morgan fingerprint density at radius 2 is 2.11 bits per heavy atom. The Morgan fingerprint density at radius 1 is 1.21 bits per heavy atom. The Morgan fingerprint density at radius 3 is 2.95 bits per heavy atom. The van der Waals surface area contributed by atoms with Crippen LogP contribution in [0.15, 0.2) is 35.8 Å². The van der Waals surface area contributed by atoms with Gasteiger partial charge in [0.2, 0.25) is 5.95 Å². The van der Waals surface area contributed by atoms with Crippen molar-refractivity contribution in [1.82, 2.24) is 15.0 Å². The van der Waals surface area contributed by atoms with Crippen LogP contribution >= 0.6 is 11.3 Å². The van der Waals surface area contributed by atoms with E-state index in [-0.39, 0.29) is 0 Å². The van der Waals surface area contributed by atoms with Gasteiger partial charge in [-0.2, -0.15) is 0 Å². The first kappa shape index (κ1) is 12.0. The summed E-state index contributed by atoms with van der Waals surface area (Å²) in [4.78, 5) is 13.2. The van der Waals surface area contributed by atoms with E-state index >= 15 is 0 Å². The van der Waals surface area contributed by atoms with Gasteiger partial charge in [0.05, 0.1) is 10.5 Å². The minimum atomic E-state index is 0.673. The third-order valence-corrected chi connectivity index (χ3v) is 3.80. The van der Waals surface area contributed by atoms with Crippen molar-refractivity contribution in [3.63, 3.8) is 0 Å². The fourth-order valence-corrected chi connectivity index (χ4v) is 2.63. The molecule has 2 aromatic heterocycles. The molecule has 0 saturated carbocycles. The molecule has 1 N–H and O–H groups in total. The number of benzene rings is 1. The van der Waals surface area contributed by atoms with E-state index in [2.05, 4.69) is 25.6 Å². The van der Waals surface area contributed by atoms with Crippen LogP contribution in [-0.2, 0) is 6.42 Å². The van der Waals surface area contributed by atoms with Crippen LogP contribution in [0, 0.1) is 6.92 Å². The minimum absolute atomic E-state index is 0.673. The van der Waals surface area contributed by atoms with Crippen molar-refractivity contribution >= 4 is 28.2 Å². The molecule has 3 rings (SSSR count). The van der Waals surface area contributed by atoms with Gasteiger partial charge < -0.3 is 5.32 Å². The summed E-state index contributed by atoms with van der Waals surface area (Å²) in [7, 11) is 0. The zero-order chi connectivity index (χ0) is 13.1. The number of rotatable bonds is 4. The average Bonchev–Trinajstić information content (AvgIpc) is 2.84. The van der Waals surface area contributed by atoms with Crippen LogP contribution in [0.3, 0.4) is 0 Å². The molecule has 0 aliphatic rings. The summed E-state index contributed by atoms with van der Waals surface area (Å²) in [6.07, 6.45) is 2.74. The third-order valence-electron chi connectivity index (χ3n) is 2.78. The molecule has 0 spiro atoms. The fourth-order valence-electron chi connectivity index (χ4n) is 1.86. The normalized spacial score (nSPS) is 10.8. The minimum Gasteiger partial charge on any atom is -0.354 e. The lowest BCUT2D eigenvalue weighted by Crippen LogP contribution is -2.07. The van der Waals surface area contributed by atoms with Crippen LogP contribution in [0.4, 0.5) is 5.95 Å². The van der Waals surface area contributed by atoms with Crippen molar-refractivity contribution in [3.8, 4) is 0 Å². The second-order valence-corrected chi connectivity index (χ2v) is 5.25. The van der Waals surface area contributed by atoms with Gasteiger partial charge in [0, 0.05) is 35.6 Å². The number of thiazole rings is 1. The van der Waals surface area contributed by atoms with Gasteiger partial charge in [-0.15, -0.1) is 11.3 Å². The quantitative estimate of drug-likeness (QED) is 0.791. The van der Waals surface area contributed by atoms with Crippen molar-refractivity contribution < 1.29 is 0 Å². The highest BCUT2D eigenvalue weighted by molar-refractivity contribution is 7.09. The second-order valence-electron chi connectivity index (χ2n) is 4.31. The summed E-state index contributed by atoms with van der Waals surface area (Å²) >= 11 is 1.70. The van der Waals surface area contributed by atoms with Crippen LogP contribution in [0.2, 0.25) is 0 Å². The van der Waals surface area contributed by atoms with Gasteiger partial charge in [-0.1, -0.05) is 18.2 Å². The summed E-state index contributed by atoms with van der Waals surface area (Å²) in [6, 6.07) is 7.98. The largest absolute Gasteiger partial charge is 0.354 e. The van der Waals surface area contributed by atoms with Crippen molar-refractivity contribution in [3.05, 3.63) is 46.5 Å². The van der Waals surface area contributed by atoms with Gasteiger partial charge in [0.15, 0.2) is 0 Å². The molecule has 3 aromatic rings. The Labute approximate surface area is 115 Å². The topological polar surface area (TPSA) is 50.7 Å². The number of anilines is 1. The van der Waals surface area contributed by atoms with E-state index in [0.717, 1.165) is 34.6 Å². The monoisotopic (exact) mass is 270 g/mol. The number of hydrogen-bond acceptors (Lipinski definition) is 5. The van der Waals surface area contributed by atoms with Crippen LogP contribution in [0.5, 0.6) is 0 Å². The number of aromatic nitrogens is 3. The van der Waals surface area contributed by atoms with E-state index in [1.165, 1.54) is 0 Å². The first-order valence-corrected chi connectivity index (χ1v) is 7.06. The molecule has 19 heavy (non-hydrogen) atoms. The summed E-state index contributed by atoms with van der Waals surface area (Å²) in [5, 5.41) is 7.51. The van der Waals surface area contributed by atoms with E-state index in [9.17, 15) is 0 Å². The Kier molecular flexibility index (Phi) is 3.37. The van der Waals surface area contributed by atoms with Crippen LogP contribution in [0.1, 0.15) is 10.7 Å². The summed E-state index contributed by atoms with van der Waals surface area (Å²) < 4.78 is 0. The lowest BCUT2D eigenvalue weighted by atomic mass is 10.2. The molecule has 0 bridgehead atoms. The molecule has 0 amide bonds. The predicted octanol–water partition coefficient (Wildman–Crippen LogP) is 3.05. The molecule has 0 fully saturated rings. The lowest BCUT2D eigenvalue weighted by molar-refractivity contribution is 0.966. The molecule has 4 nitrogen and oxygen atoms in total. The molecule has 0 saturated heterocycles. The fraction of sp³-hybridized carbons (Fsp3) is 0.214. The number of para-hydroxylation sites is 1. The lowest BCUT2D eigenvalue weighted by Gasteiger charge is -2.04. The van der Waals surface area contributed by atoms with Gasteiger partial charge in [-0.3, -0.25) is 0 Å². The van der Waals surface area contributed by atoms with E-state index in [4.69, 9.17) is 0 Å². The Balaban J connectivity index is 1.65. The number of fused-ring (bicyclic) bond motifs is 1. The van der Waals surface area contributed by atoms with Crippen LogP contribution in [-0.4, -0.2) is 21.5 Å². The number of nitrogens with one attached hydrogen (secondary N) is 1. The van der Waals surface area contributed by atoms with Crippen molar-refractivity contribution in [2.75, 3.05) is 11.9 Å². The maximum absolute atomic E-state index is 4.47. The van der Waals surface area contributed by atoms with Crippen molar-refractivity contribution in [2.24, 2.45) is 0 Å². The highest BCUT2D eigenvalue weighted by Gasteiger charge is 2.01. The SMILES string of the molecule is Cc1csc(CCNc2ncc3ccccc3n2)n1. The second kappa shape index (κ2) is 5.32. The summed E-state index contributed by atoms with van der Waals surface area (Å²) in [5.41, 5.74) is 2.05. The molecule has 0 unspecified atom stereocenters. The van der Waals surface area contributed by atoms with Crippen molar-refractivity contribution in [1.29, 1.82) is 0 Å². The van der Waals surface area contributed by atoms with Gasteiger partial charge in [-0.25, -0.2) is 15.0 Å². The van der Waals surface area contributed by atoms with Gasteiger partial charge in [-0.05, 0) is 13.0 Å². The zero-order valence-electron chi connectivity index (χ0n) is 10.6. The van der Waals surface area contributed by atoms with E-state index in [1.807, 2.05) is 37.4 Å². The molecule has 0 aliphatic heterocycles. The Bertz CT molecular complexity index is 692. The summed E-state index contributed by atoms with van der Waals surface area (Å²) in [6.45, 7) is 2.81. The molecular formula is C14H14N4S. The van der Waals surface area contributed by atoms with Gasteiger partial charge >= 0.3 is 0 Å². The maximum atomic E-state index is 4.47. The molecule has 0 aliphatic carbocycles. The maximum Gasteiger partial charge on any atom is 0.223 e. The molecule has 0 radical (unpaired) electrons. The van der Waals surface area contributed by atoms with Crippen molar-refractivity contribution in [2.45, 2.75) is 13.3 Å². The highest BCUT2D eigenvalue weighted by atomic mass is 32.1. The van der Waals surface area contributed by atoms with Crippen LogP contribution < -0.4 is 5.32 Å². The number of nitrogens with zero attached hydrogens (tertiary/aromatic N) is 3. The van der Waals surface area contributed by atoms with Gasteiger partial charge in [0.25, 0.3) is 0 Å². The van der Waals surface area contributed by atoms with E-state index in [0.29, 0.717) is 5.95 Å². The number of aryl methyl sites for hydroxylation is 1. The number of hydrogen-bond donors (Lipinski definition) is 1.